The zero-order chi connectivity index (χ0) is 10.8. The van der Waals surface area contributed by atoms with Crippen molar-refractivity contribution in [2.45, 2.75) is 6.92 Å². The molecular formula is C10H14N2OS2. The lowest BCUT2D eigenvalue weighted by Crippen LogP contribution is -2.37. The average molecular weight is 242 g/mol. The summed E-state index contributed by atoms with van der Waals surface area (Å²) < 4.78 is 0. The van der Waals surface area contributed by atoms with Crippen LogP contribution in [-0.4, -0.2) is 35.4 Å². The van der Waals surface area contributed by atoms with Gasteiger partial charge in [-0.25, -0.2) is 0 Å². The summed E-state index contributed by atoms with van der Waals surface area (Å²) in [5, 5.41) is 0. The van der Waals surface area contributed by atoms with E-state index in [1.54, 1.807) is 6.07 Å². The van der Waals surface area contributed by atoms with E-state index in [1.165, 1.54) is 11.3 Å². The number of carbonyl (C=O) groups excluding carboxylic acids is 1. The number of aryl methyl sites for hydroxylation is 1. The number of nitrogen functional groups attached to an aromatic ring is 1. The molecule has 15 heavy (non-hydrogen) atoms. The van der Waals surface area contributed by atoms with Crippen molar-refractivity contribution >= 4 is 34.7 Å². The highest BCUT2D eigenvalue weighted by atomic mass is 32.2. The van der Waals surface area contributed by atoms with Gasteiger partial charge >= 0.3 is 0 Å². The first-order valence-corrected chi connectivity index (χ1v) is 6.88. The highest BCUT2D eigenvalue weighted by Gasteiger charge is 2.20. The number of amides is 1. The summed E-state index contributed by atoms with van der Waals surface area (Å²) in [6.45, 7) is 3.67. The Morgan fingerprint density at radius 1 is 1.47 bits per heavy atom. The van der Waals surface area contributed by atoms with E-state index >= 15 is 0 Å². The second-order valence-corrected chi connectivity index (χ2v) is 6.01. The lowest BCUT2D eigenvalue weighted by molar-refractivity contribution is 0.0777. The molecule has 0 spiro atoms. The van der Waals surface area contributed by atoms with Crippen LogP contribution in [0.25, 0.3) is 0 Å². The van der Waals surface area contributed by atoms with E-state index in [9.17, 15) is 4.79 Å². The molecule has 1 saturated heterocycles. The third kappa shape index (κ3) is 2.29. The highest BCUT2D eigenvalue weighted by molar-refractivity contribution is 7.99. The fourth-order valence-electron chi connectivity index (χ4n) is 1.52. The van der Waals surface area contributed by atoms with E-state index in [2.05, 4.69) is 0 Å². The predicted molar refractivity (Wildman–Crippen MR) is 66.7 cm³/mol. The zero-order valence-corrected chi connectivity index (χ0v) is 10.3. The van der Waals surface area contributed by atoms with Gasteiger partial charge in [0.1, 0.15) is 0 Å². The molecule has 2 heterocycles. The van der Waals surface area contributed by atoms with Gasteiger partial charge in [-0.2, -0.15) is 11.8 Å². The van der Waals surface area contributed by atoms with E-state index in [-0.39, 0.29) is 5.91 Å². The fourth-order valence-corrected chi connectivity index (χ4v) is 3.34. The van der Waals surface area contributed by atoms with E-state index < -0.39 is 0 Å². The van der Waals surface area contributed by atoms with Crippen LogP contribution in [0.4, 0.5) is 5.69 Å². The largest absolute Gasteiger partial charge is 0.398 e. The third-order valence-corrected chi connectivity index (χ3v) is 4.46. The van der Waals surface area contributed by atoms with Gasteiger partial charge in [-0.1, -0.05) is 0 Å². The van der Waals surface area contributed by atoms with Gasteiger partial charge in [-0.3, -0.25) is 4.79 Å². The molecule has 0 aromatic carbocycles. The molecule has 3 nitrogen and oxygen atoms in total. The van der Waals surface area contributed by atoms with Crippen molar-refractivity contribution < 1.29 is 4.79 Å². The average Bonchev–Trinajstić information content (AvgIpc) is 2.59. The summed E-state index contributed by atoms with van der Waals surface area (Å²) >= 11 is 3.40. The van der Waals surface area contributed by atoms with Gasteiger partial charge < -0.3 is 10.6 Å². The molecule has 0 saturated carbocycles. The van der Waals surface area contributed by atoms with Gasteiger partial charge in [-0.15, -0.1) is 11.3 Å². The van der Waals surface area contributed by atoms with Gasteiger partial charge in [-0.05, 0) is 13.0 Å². The number of carbonyl (C=O) groups is 1. The lowest BCUT2D eigenvalue weighted by Gasteiger charge is -2.25. The Morgan fingerprint density at radius 2 is 2.13 bits per heavy atom. The molecule has 1 amide bonds. The zero-order valence-electron chi connectivity index (χ0n) is 8.66. The number of thiophene rings is 1. The van der Waals surface area contributed by atoms with Crippen LogP contribution in [0.15, 0.2) is 6.07 Å². The van der Waals surface area contributed by atoms with Crippen LogP contribution in [0, 0.1) is 6.92 Å². The smallest absolute Gasteiger partial charge is 0.264 e. The molecule has 1 fully saturated rings. The van der Waals surface area contributed by atoms with Crippen molar-refractivity contribution in [1.29, 1.82) is 0 Å². The lowest BCUT2D eigenvalue weighted by atomic mass is 10.3. The topological polar surface area (TPSA) is 46.3 Å². The van der Waals surface area contributed by atoms with Crippen LogP contribution in [0.2, 0.25) is 0 Å². The van der Waals surface area contributed by atoms with Gasteiger partial charge in [0.2, 0.25) is 0 Å². The maximum absolute atomic E-state index is 12.0. The highest BCUT2D eigenvalue weighted by Crippen LogP contribution is 2.25. The summed E-state index contributed by atoms with van der Waals surface area (Å²) in [5.74, 6) is 2.23. The summed E-state index contributed by atoms with van der Waals surface area (Å²) in [6, 6.07) is 1.80. The van der Waals surface area contributed by atoms with E-state index in [1.807, 2.05) is 23.6 Å². The third-order valence-electron chi connectivity index (χ3n) is 2.47. The fraction of sp³-hybridized carbons (Fsp3) is 0.500. The van der Waals surface area contributed by atoms with Crippen LogP contribution in [0.3, 0.4) is 0 Å². The van der Waals surface area contributed by atoms with Crippen LogP contribution in [0.1, 0.15) is 14.5 Å². The SMILES string of the molecule is Cc1sc(C(=O)N2CCSCC2)cc1N. The van der Waals surface area contributed by atoms with Gasteiger partial charge in [0.25, 0.3) is 5.91 Å². The predicted octanol–water partition coefficient (Wildman–Crippen LogP) is 1.83. The molecule has 0 unspecified atom stereocenters. The number of anilines is 1. The minimum Gasteiger partial charge on any atom is -0.398 e. The molecule has 1 aromatic rings. The molecule has 0 radical (unpaired) electrons. The molecule has 1 aliphatic heterocycles. The van der Waals surface area contributed by atoms with Crippen molar-refractivity contribution in [1.82, 2.24) is 4.90 Å². The van der Waals surface area contributed by atoms with E-state index in [4.69, 9.17) is 5.73 Å². The number of thioether (sulfide) groups is 1. The maximum Gasteiger partial charge on any atom is 0.264 e. The molecule has 5 heteroatoms. The number of hydrogen-bond acceptors (Lipinski definition) is 4. The quantitative estimate of drug-likeness (QED) is 0.817. The maximum atomic E-state index is 12.0. The second kappa shape index (κ2) is 4.45. The molecule has 0 aliphatic carbocycles. The molecule has 1 aliphatic rings. The van der Waals surface area contributed by atoms with E-state index in [0.29, 0.717) is 0 Å². The Balaban J connectivity index is 2.12. The van der Waals surface area contributed by atoms with Crippen molar-refractivity contribution in [3.8, 4) is 0 Å². The van der Waals surface area contributed by atoms with Gasteiger partial charge in [0, 0.05) is 35.2 Å². The van der Waals surface area contributed by atoms with Crippen LogP contribution in [0.5, 0.6) is 0 Å². The monoisotopic (exact) mass is 242 g/mol. The number of hydrogen-bond donors (Lipinski definition) is 1. The number of nitrogens with zero attached hydrogens (tertiary/aromatic N) is 1. The minimum absolute atomic E-state index is 0.139. The molecular weight excluding hydrogens is 228 g/mol. The molecule has 0 atom stereocenters. The van der Waals surface area contributed by atoms with Crippen LogP contribution < -0.4 is 5.73 Å². The van der Waals surface area contributed by atoms with Crippen LogP contribution >= 0.6 is 23.1 Å². The number of rotatable bonds is 1. The Bertz CT molecular complexity index is 350. The minimum atomic E-state index is 0.139. The molecule has 0 bridgehead atoms. The first-order valence-electron chi connectivity index (χ1n) is 4.91. The van der Waals surface area contributed by atoms with Crippen molar-refractivity contribution in [3.05, 3.63) is 15.8 Å². The summed E-state index contributed by atoms with van der Waals surface area (Å²) in [4.78, 5) is 15.8. The van der Waals surface area contributed by atoms with Crippen molar-refractivity contribution in [3.63, 3.8) is 0 Å². The summed E-state index contributed by atoms with van der Waals surface area (Å²) in [7, 11) is 0. The van der Waals surface area contributed by atoms with Crippen molar-refractivity contribution in [2.24, 2.45) is 0 Å². The first kappa shape index (κ1) is 10.8. The van der Waals surface area contributed by atoms with Gasteiger partial charge in [0.05, 0.1) is 4.88 Å². The molecule has 82 valence electrons. The first-order chi connectivity index (χ1) is 7.18. The Kier molecular flexibility index (Phi) is 3.21. The van der Waals surface area contributed by atoms with Crippen LogP contribution in [-0.2, 0) is 0 Å². The Morgan fingerprint density at radius 3 is 2.67 bits per heavy atom. The van der Waals surface area contributed by atoms with Crippen molar-refractivity contribution in [2.75, 3.05) is 30.3 Å². The molecule has 2 N–H and O–H groups in total. The second-order valence-electron chi connectivity index (χ2n) is 3.53. The standard InChI is InChI=1S/C10H14N2OS2/c1-7-8(11)6-9(15-7)10(13)12-2-4-14-5-3-12/h6H,2-5,11H2,1H3. The normalized spacial score (nSPS) is 16.7. The molecule has 2 rings (SSSR count). The Hall–Kier alpha value is -0.680. The van der Waals surface area contributed by atoms with E-state index in [0.717, 1.165) is 40.0 Å². The summed E-state index contributed by atoms with van der Waals surface area (Å²) in [6.07, 6.45) is 0. The Labute approximate surface area is 97.6 Å². The molecule has 1 aromatic heterocycles. The van der Waals surface area contributed by atoms with Gasteiger partial charge in [0.15, 0.2) is 0 Å². The number of nitrogens with two attached hydrogens (primary N) is 1. The summed E-state index contributed by atoms with van der Waals surface area (Å²) in [5.41, 5.74) is 6.47.